The predicted octanol–water partition coefficient (Wildman–Crippen LogP) is 1.20. The van der Waals surface area contributed by atoms with Crippen LogP contribution in [0.2, 0.25) is 0 Å². The maximum atomic E-state index is 10.5. The van der Waals surface area contributed by atoms with Crippen molar-refractivity contribution in [3.63, 3.8) is 0 Å². The SMILES string of the molecule is NC1=C(C(=O)O)C(Cl)=CCC1. The third-order valence-electron chi connectivity index (χ3n) is 1.51. The van der Waals surface area contributed by atoms with Gasteiger partial charge in [-0.1, -0.05) is 17.7 Å². The number of carboxylic acids is 1. The standard InChI is InChI=1S/C7H8ClNO2/c8-4-2-1-3-5(9)6(4)7(10)11/h2H,1,3,9H2,(H,10,11). The molecule has 0 saturated heterocycles. The summed E-state index contributed by atoms with van der Waals surface area (Å²) in [5.41, 5.74) is 5.86. The Morgan fingerprint density at radius 3 is 2.73 bits per heavy atom. The zero-order chi connectivity index (χ0) is 8.43. The first-order chi connectivity index (χ1) is 5.13. The van der Waals surface area contributed by atoms with Gasteiger partial charge >= 0.3 is 5.97 Å². The van der Waals surface area contributed by atoms with Crippen LogP contribution >= 0.6 is 11.6 Å². The van der Waals surface area contributed by atoms with E-state index in [1.165, 1.54) is 0 Å². The molecular formula is C7H8ClNO2. The molecule has 0 fully saturated rings. The summed E-state index contributed by atoms with van der Waals surface area (Å²) in [4.78, 5) is 10.5. The second-order valence-electron chi connectivity index (χ2n) is 2.30. The van der Waals surface area contributed by atoms with E-state index in [4.69, 9.17) is 22.4 Å². The molecule has 0 aromatic carbocycles. The molecule has 0 spiro atoms. The van der Waals surface area contributed by atoms with Gasteiger partial charge in [0.05, 0.1) is 10.6 Å². The molecule has 0 radical (unpaired) electrons. The Kier molecular flexibility index (Phi) is 2.19. The van der Waals surface area contributed by atoms with E-state index in [0.29, 0.717) is 12.1 Å². The Morgan fingerprint density at radius 2 is 2.36 bits per heavy atom. The second kappa shape index (κ2) is 2.96. The zero-order valence-corrected chi connectivity index (χ0v) is 6.56. The van der Waals surface area contributed by atoms with E-state index in [1.54, 1.807) is 6.08 Å². The molecule has 0 aromatic rings. The van der Waals surface area contributed by atoms with E-state index < -0.39 is 5.97 Å². The van der Waals surface area contributed by atoms with Crippen molar-refractivity contribution >= 4 is 17.6 Å². The molecule has 3 nitrogen and oxygen atoms in total. The summed E-state index contributed by atoms with van der Waals surface area (Å²) in [6, 6.07) is 0. The largest absolute Gasteiger partial charge is 0.478 e. The minimum absolute atomic E-state index is 0.0536. The van der Waals surface area contributed by atoms with Gasteiger partial charge < -0.3 is 10.8 Å². The van der Waals surface area contributed by atoms with Gasteiger partial charge in [0.15, 0.2) is 0 Å². The van der Waals surface area contributed by atoms with Gasteiger partial charge in [-0.15, -0.1) is 0 Å². The number of rotatable bonds is 1. The number of carbonyl (C=O) groups is 1. The lowest BCUT2D eigenvalue weighted by Crippen LogP contribution is -2.13. The minimum Gasteiger partial charge on any atom is -0.478 e. The summed E-state index contributed by atoms with van der Waals surface area (Å²) in [7, 11) is 0. The van der Waals surface area contributed by atoms with Crippen LogP contribution in [0.25, 0.3) is 0 Å². The lowest BCUT2D eigenvalue weighted by atomic mass is 10.0. The zero-order valence-electron chi connectivity index (χ0n) is 5.80. The van der Waals surface area contributed by atoms with Gasteiger partial charge in [0.1, 0.15) is 0 Å². The molecule has 0 aliphatic heterocycles. The van der Waals surface area contributed by atoms with E-state index in [-0.39, 0.29) is 10.6 Å². The number of aliphatic carboxylic acids is 1. The van der Waals surface area contributed by atoms with Crippen molar-refractivity contribution in [1.82, 2.24) is 0 Å². The van der Waals surface area contributed by atoms with Gasteiger partial charge in [0, 0.05) is 5.70 Å². The van der Waals surface area contributed by atoms with Crippen LogP contribution in [0.1, 0.15) is 12.8 Å². The van der Waals surface area contributed by atoms with Crippen LogP contribution in [0.4, 0.5) is 0 Å². The Morgan fingerprint density at radius 1 is 1.73 bits per heavy atom. The van der Waals surface area contributed by atoms with E-state index in [2.05, 4.69) is 0 Å². The maximum absolute atomic E-state index is 10.5. The number of nitrogens with two attached hydrogens (primary N) is 1. The lowest BCUT2D eigenvalue weighted by molar-refractivity contribution is -0.132. The van der Waals surface area contributed by atoms with Crippen molar-refractivity contribution in [2.75, 3.05) is 0 Å². The van der Waals surface area contributed by atoms with Gasteiger partial charge in [-0.2, -0.15) is 0 Å². The molecule has 0 amide bonds. The quantitative estimate of drug-likeness (QED) is 0.626. The van der Waals surface area contributed by atoms with Crippen molar-refractivity contribution in [3.8, 4) is 0 Å². The number of hydrogen-bond donors (Lipinski definition) is 2. The monoisotopic (exact) mass is 173 g/mol. The van der Waals surface area contributed by atoms with Crippen LogP contribution in [0.15, 0.2) is 22.4 Å². The first-order valence-corrected chi connectivity index (χ1v) is 3.58. The summed E-state index contributed by atoms with van der Waals surface area (Å²) >= 11 is 5.61. The molecule has 11 heavy (non-hydrogen) atoms. The normalized spacial score (nSPS) is 18.1. The van der Waals surface area contributed by atoms with Gasteiger partial charge in [0.25, 0.3) is 0 Å². The Hall–Kier alpha value is -0.960. The van der Waals surface area contributed by atoms with Gasteiger partial charge in [-0.3, -0.25) is 0 Å². The third kappa shape index (κ3) is 1.54. The Balaban J connectivity index is 3.04. The van der Waals surface area contributed by atoms with Crippen LogP contribution < -0.4 is 5.73 Å². The van der Waals surface area contributed by atoms with Crippen LogP contribution in [0.3, 0.4) is 0 Å². The highest BCUT2D eigenvalue weighted by Gasteiger charge is 2.18. The summed E-state index contributed by atoms with van der Waals surface area (Å²) in [5.74, 6) is -1.05. The summed E-state index contributed by atoms with van der Waals surface area (Å²) in [5, 5.41) is 8.87. The molecule has 0 heterocycles. The molecule has 3 N–H and O–H groups in total. The summed E-state index contributed by atoms with van der Waals surface area (Å²) in [6.45, 7) is 0. The van der Waals surface area contributed by atoms with Crippen LogP contribution in [-0.4, -0.2) is 11.1 Å². The number of allylic oxidation sites excluding steroid dienone is 2. The Bertz CT molecular complexity index is 255. The predicted molar refractivity (Wildman–Crippen MR) is 42.0 cm³/mol. The number of hydrogen-bond acceptors (Lipinski definition) is 2. The molecule has 0 saturated carbocycles. The van der Waals surface area contributed by atoms with Crippen molar-refractivity contribution in [1.29, 1.82) is 0 Å². The fourth-order valence-electron chi connectivity index (χ4n) is 0.974. The van der Waals surface area contributed by atoms with Crippen molar-refractivity contribution in [3.05, 3.63) is 22.4 Å². The summed E-state index contributed by atoms with van der Waals surface area (Å²) < 4.78 is 0. The van der Waals surface area contributed by atoms with Crippen molar-refractivity contribution in [2.24, 2.45) is 5.73 Å². The number of halogens is 1. The van der Waals surface area contributed by atoms with Crippen molar-refractivity contribution < 1.29 is 9.90 Å². The van der Waals surface area contributed by atoms with E-state index in [9.17, 15) is 4.79 Å². The van der Waals surface area contributed by atoms with Crippen LogP contribution in [0, 0.1) is 0 Å². The fourth-order valence-corrected chi connectivity index (χ4v) is 1.29. The molecule has 60 valence electrons. The van der Waals surface area contributed by atoms with E-state index >= 15 is 0 Å². The highest BCUT2D eigenvalue weighted by atomic mass is 35.5. The molecule has 1 aliphatic rings. The Labute approximate surface area is 69.1 Å². The smallest absolute Gasteiger partial charge is 0.338 e. The average Bonchev–Trinajstić information content (AvgIpc) is 1.85. The summed E-state index contributed by atoms with van der Waals surface area (Å²) in [6.07, 6.45) is 2.97. The molecule has 0 aromatic heterocycles. The third-order valence-corrected chi connectivity index (χ3v) is 1.85. The molecule has 1 aliphatic carbocycles. The fraction of sp³-hybridized carbons (Fsp3) is 0.286. The van der Waals surface area contributed by atoms with E-state index in [0.717, 1.165) is 6.42 Å². The van der Waals surface area contributed by atoms with Gasteiger partial charge in [0.2, 0.25) is 0 Å². The van der Waals surface area contributed by atoms with Gasteiger partial charge in [-0.25, -0.2) is 4.79 Å². The first kappa shape index (κ1) is 8.14. The first-order valence-electron chi connectivity index (χ1n) is 3.21. The maximum Gasteiger partial charge on any atom is 0.338 e. The van der Waals surface area contributed by atoms with Gasteiger partial charge in [-0.05, 0) is 12.8 Å². The highest BCUT2D eigenvalue weighted by molar-refractivity contribution is 6.35. The topological polar surface area (TPSA) is 63.3 Å². The number of carboxylic acid groups (broad SMARTS) is 1. The van der Waals surface area contributed by atoms with Crippen LogP contribution in [-0.2, 0) is 4.79 Å². The molecular weight excluding hydrogens is 166 g/mol. The lowest BCUT2D eigenvalue weighted by Gasteiger charge is -2.10. The average molecular weight is 174 g/mol. The van der Waals surface area contributed by atoms with Crippen LogP contribution in [0.5, 0.6) is 0 Å². The van der Waals surface area contributed by atoms with Crippen molar-refractivity contribution in [2.45, 2.75) is 12.8 Å². The molecule has 0 unspecified atom stereocenters. The van der Waals surface area contributed by atoms with E-state index in [1.807, 2.05) is 0 Å². The molecule has 0 atom stereocenters. The molecule has 1 rings (SSSR count). The minimum atomic E-state index is -1.05. The second-order valence-corrected chi connectivity index (χ2v) is 2.70. The molecule has 4 heteroatoms. The highest BCUT2D eigenvalue weighted by Crippen LogP contribution is 2.24. The molecule has 0 bridgehead atoms.